The molecule has 0 aliphatic carbocycles. The predicted octanol–water partition coefficient (Wildman–Crippen LogP) is 1.07. The van der Waals surface area contributed by atoms with Crippen molar-refractivity contribution in [2.75, 3.05) is 6.54 Å². The molecule has 3 atom stereocenters. The molecule has 53 heavy (non-hydrogen) atoms. The molecule has 6 aromatic rings. The number of nitrogens with zero attached hydrogens (tertiary/aromatic N) is 2. The van der Waals surface area contributed by atoms with Crippen LogP contribution in [0.25, 0.3) is 53.9 Å². The summed E-state index contributed by atoms with van der Waals surface area (Å²) in [6, 6.07) is 2.87. The fraction of sp³-hybridized carbons (Fsp3) is 0.243. The van der Waals surface area contributed by atoms with E-state index in [1.165, 1.54) is 19.1 Å². The van der Waals surface area contributed by atoms with Crippen LogP contribution in [0.3, 0.4) is 0 Å². The Morgan fingerprint density at radius 3 is 1.91 bits per heavy atom. The first-order valence-electron chi connectivity index (χ1n) is 16.4. The standard InChI is InChI=1S/C37H29N3O13/c1-4-12(2)18-9-16-24(36(51)40(18)11-21(43)39-10-17(37(52)53)38-35(50)13(39)3)31(46)22-14(29(16)44)5-6-15-23(22)32(47)28-27(30(15)45)33(48)25-19(41)7-8-20(42)26(25)34(28)49/h5-9,12-13,17,44,46,48-49H,4,10-11H2,1-3H3,(H,38,50)(H,52,53). The van der Waals surface area contributed by atoms with Gasteiger partial charge in [-0.05, 0) is 49.6 Å². The average molecular weight is 724 g/mol. The lowest BCUT2D eigenvalue weighted by molar-refractivity contribution is -0.151. The van der Waals surface area contributed by atoms with Gasteiger partial charge < -0.3 is 40.3 Å². The summed E-state index contributed by atoms with van der Waals surface area (Å²) in [5.41, 5.74) is -4.86. The number of nitrogens with one attached hydrogen (secondary N) is 1. The molecule has 270 valence electrons. The highest BCUT2D eigenvalue weighted by Gasteiger charge is 2.38. The zero-order chi connectivity index (χ0) is 38.5. The number of aromatic hydroxyl groups is 4. The minimum Gasteiger partial charge on any atom is -0.507 e. The Kier molecular flexibility index (Phi) is 7.75. The van der Waals surface area contributed by atoms with Crippen molar-refractivity contribution in [1.29, 1.82) is 0 Å². The zero-order valence-corrected chi connectivity index (χ0v) is 28.1. The number of carboxylic acid groups (broad SMARTS) is 1. The third kappa shape index (κ3) is 4.74. The van der Waals surface area contributed by atoms with Crippen LogP contribution in [-0.2, 0) is 20.9 Å². The van der Waals surface area contributed by atoms with Gasteiger partial charge in [0.05, 0.1) is 33.5 Å². The summed E-state index contributed by atoms with van der Waals surface area (Å²) in [5.74, 6) is -6.87. The molecular formula is C37H29N3O13. The molecular weight excluding hydrogens is 694 g/mol. The number of carbonyl (C=O) groups is 3. The fourth-order valence-electron chi connectivity index (χ4n) is 7.34. The van der Waals surface area contributed by atoms with E-state index in [1.807, 2.05) is 0 Å². The minimum atomic E-state index is -1.41. The van der Waals surface area contributed by atoms with Crippen LogP contribution in [0.5, 0.6) is 23.0 Å². The number of rotatable bonds is 5. The molecule has 16 heteroatoms. The minimum absolute atomic E-state index is 0.170. The van der Waals surface area contributed by atoms with E-state index >= 15 is 0 Å². The third-order valence-electron chi connectivity index (χ3n) is 10.3. The summed E-state index contributed by atoms with van der Waals surface area (Å²) in [5, 5.41) is 52.1. The number of phenolic OH excluding ortho intramolecular Hbond substituents is 4. The maximum absolute atomic E-state index is 14.4. The summed E-state index contributed by atoms with van der Waals surface area (Å²) in [6.07, 6.45) is 0.441. The Morgan fingerprint density at radius 1 is 0.755 bits per heavy atom. The van der Waals surface area contributed by atoms with Crippen molar-refractivity contribution in [3.8, 4) is 23.0 Å². The molecule has 0 saturated carbocycles. The lowest BCUT2D eigenvalue weighted by Gasteiger charge is -2.36. The van der Waals surface area contributed by atoms with Crippen molar-refractivity contribution in [3.05, 3.63) is 87.3 Å². The molecule has 1 aromatic heterocycles. The number of benzene rings is 5. The van der Waals surface area contributed by atoms with Gasteiger partial charge in [-0.25, -0.2) is 4.79 Å². The molecule has 6 N–H and O–H groups in total. The number of hydrogen-bond acceptors (Lipinski definition) is 12. The number of aromatic nitrogens is 1. The molecule has 5 aromatic carbocycles. The Bertz CT molecular complexity index is 2980. The van der Waals surface area contributed by atoms with Crippen molar-refractivity contribution in [2.45, 2.75) is 51.7 Å². The van der Waals surface area contributed by atoms with Crippen molar-refractivity contribution in [2.24, 2.45) is 0 Å². The Labute approximate surface area is 294 Å². The number of fused-ring (bicyclic) bond motifs is 6. The molecule has 1 aliphatic rings. The molecule has 1 fully saturated rings. The van der Waals surface area contributed by atoms with E-state index in [4.69, 9.17) is 0 Å². The van der Waals surface area contributed by atoms with Gasteiger partial charge >= 0.3 is 5.97 Å². The van der Waals surface area contributed by atoms with E-state index in [0.717, 1.165) is 27.7 Å². The Hall–Kier alpha value is -6.84. The summed E-state index contributed by atoms with van der Waals surface area (Å²) < 4.78 is 1.02. The molecule has 1 aliphatic heterocycles. The first-order valence-corrected chi connectivity index (χ1v) is 16.4. The van der Waals surface area contributed by atoms with Gasteiger partial charge in [0.1, 0.15) is 41.6 Å². The number of carboxylic acids is 1. The van der Waals surface area contributed by atoms with Gasteiger partial charge in [0.2, 0.25) is 11.8 Å². The largest absolute Gasteiger partial charge is 0.507 e. The molecule has 2 amide bonds. The van der Waals surface area contributed by atoms with Crippen LogP contribution >= 0.6 is 0 Å². The lowest BCUT2D eigenvalue weighted by Crippen LogP contribution is -2.63. The molecule has 0 spiro atoms. The van der Waals surface area contributed by atoms with Crippen LogP contribution < -0.4 is 32.6 Å². The smallest absolute Gasteiger partial charge is 0.328 e. The van der Waals surface area contributed by atoms with Crippen LogP contribution in [0, 0.1) is 0 Å². The normalized spacial score (nSPS) is 16.9. The quantitative estimate of drug-likeness (QED) is 0.0828. The van der Waals surface area contributed by atoms with Gasteiger partial charge in [-0.15, -0.1) is 0 Å². The molecule has 2 heterocycles. The second kappa shape index (κ2) is 11.9. The van der Waals surface area contributed by atoms with Crippen LogP contribution in [0.2, 0.25) is 0 Å². The van der Waals surface area contributed by atoms with Crippen molar-refractivity contribution >= 4 is 71.6 Å². The maximum Gasteiger partial charge on any atom is 0.328 e. The fourth-order valence-corrected chi connectivity index (χ4v) is 7.34. The number of aliphatic carboxylic acids is 1. The second-order valence-electron chi connectivity index (χ2n) is 13.2. The Morgan fingerprint density at radius 2 is 1.32 bits per heavy atom. The Balaban J connectivity index is 1.57. The summed E-state index contributed by atoms with van der Waals surface area (Å²) in [6.45, 7) is 3.81. The molecule has 3 unspecified atom stereocenters. The topological polar surface area (TPSA) is 258 Å². The van der Waals surface area contributed by atoms with Crippen LogP contribution in [0.15, 0.2) is 54.3 Å². The molecule has 0 bridgehead atoms. The summed E-state index contributed by atoms with van der Waals surface area (Å²) in [7, 11) is 0. The van der Waals surface area contributed by atoms with Gasteiger partial charge in [0.25, 0.3) is 5.56 Å². The van der Waals surface area contributed by atoms with Gasteiger partial charge in [0, 0.05) is 32.6 Å². The van der Waals surface area contributed by atoms with Crippen molar-refractivity contribution < 1.29 is 39.9 Å². The van der Waals surface area contributed by atoms with E-state index in [9.17, 15) is 63.9 Å². The van der Waals surface area contributed by atoms with Crippen LogP contribution in [0.4, 0.5) is 0 Å². The van der Waals surface area contributed by atoms with E-state index in [-0.39, 0.29) is 16.5 Å². The maximum atomic E-state index is 14.4. The number of carbonyl (C=O) groups excluding carboxylic acids is 2. The molecule has 16 nitrogen and oxygen atoms in total. The number of piperazine rings is 1. The van der Waals surface area contributed by atoms with Crippen LogP contribution in [0.1, 0.15) is 38.8 Å². The van der Waals surface area contributed by atoms with Crippen molar-refractivity contribution in [3.63, 3.8) is 0 Å². The van der Waals surface area contributed by atoms with Gasteiger partial charge in [0.15, 0.2) is 21.7 Å². The number of pyridine rings is 1. The zero-order valence-electron chi connectivity index (χ0n) is 28.1. The monoisotopic (exact) mass is 723 g/mol. The first kappa shape index (κ1) is 34.6. The number of phenols is 4. The van der Waals surface area contributed by atoms with E-state index in [1.54, 1.807) is 13.8 Å². The van der Waals surface area contributed by atoms with Crippen molar-refractivity contribution in [1.82, 2.24) is 14.8 Å². The van der Waals surface area contributed by atoms with Crippen LogP contribution in [-0.4, -0.2) is 71.4 Å². The van der Waals surface area contributed by atoms with Gasteiger partial charge in [-0.1, -0.05) is 13.8 Å². The molecule has 7 rings (SSSR count). The highest BCUT2D eigenvalue weighted by Crippen LogP contribution is 2.44. The van der Waals surface area contributed by atoms with Gasteiger partial charge in [-0.3, -0.25) is 33.6 Å². The summed E-state index contributed by atoms with van der Waals surface area (Å²) in [4.78, 5) is 107. The van der Waals surface area contributed by atoms with E-state index in [2.05, 4.69) is 5.32 Å². The average Bonchev–Trinajstić information content (AvgIpc) is 3.12. The van der Waals surface area contributed by atoms with E-state index < -0.39 is 142 Å². The summed E-state index contributed by atoms with van der Waals surface area (Å²) >= 11 is 0. The number of amides is 2. The number of hydrogen-bond donors (Lipinski definition) is 6. The molecule has 1 saturated heterocycles. The first-order chi connectivity index (χ1) is 25.0. The highest BCUT2D eigenvalue weighted by atomic mass is 16.4. The van der Waals surface area contributed by atoms with E-state index in [0.29, 0.717) is 6.42 Å². The molecule has 0 radical (unpaired) electrons. The lowest BCUT2D eigenvalue weighted by atomic mass is 9.91. The SMILES string of the molecule is CCC(C)c1cc2c(O)c3ccc4c(=O)c5c(O)c6c(=O)ccc(=O)c6c(O)c5c(=O)c4c3c(O)c2c(=O)n1CC(=O)N1CC(C(=O)O)NC(=O)C1C. The highest BCUT2D eigenvalue weighted by molar-refractivity contribution is 6.23. The van der Waals surface area contributed by atoms with Gasteiger partial charge in [-0.2, -0.15) is 0 Å². The third-order valence-corrected chi connectivity index (χ3v) is 10.3. The second-order valence-corrected chi connectivity index (χ2v) is 13.2. The predicted molar refractivity (Wildman–Crippen MR) is 192 cm³/mol.